The zero-order valence-corrected chi connectivity index (χ0v) is 11.1. The number of rotatable bonds is 6. The van der Waals surface area contributed by atoms with Crippen LogP contribution in [-0.2, 0) is 4.79 Å². The molecule has 0 saturated heterocycles. The summed E-state index contributed by atoms with van der Waals surface area (Å²) in [5.41, 5.74) is 7.12. The van der Waals surface area contributed by atoms with E-state index in [9.17, 15) is 4.79 Å². The van der Waals surface area contributed by atoms with Crippen LogP contribution >= 0.6 is 0 Å². The number of nitrogens with one attached hydrogen (secondary N) is 2. The Morgan fingerprint density at radius 1 is 1.44 bits per heavy atom. The lowest BCUT2D eigenvalue weighted by molar-refractivity contribution is -0.119. The molecule has 1 aromatic carbocycles. The lowest BCUT2D eigenvalue weighted by Gasteiger charge is -2.11. The van der Waals surface area contributed by atoms with E-state index >= 15 is 0 Å². The van der Waals surface area contributed by atoms with Crippen molar-refractivity contribution in [3.63, 3.8) is 0 Å². The first kappa shape index (κ1) is 14.2. The van der Waals surface area contributed by atoms with Gasteiger partial charge in [-0.2, -0.15) is 0 Å². The van der Waals surface area contributed by atoms with Gasteiger partial charge in [0.15, 0.2) is 0 Å². The molecule has 1 amide bonds. The van der Waals surface area contributed by atoms with Crippen molar-refractivity contribution in [2.75, 3.05) is 31.2 Å². The number of carbonyl (C=O) groups excluding carboxylic acids is 1. The van der Waals surface area contributed by atoms with Gasteiger partial charge in [-0.1, -0.05) is 13.8 Å². The van der Waals surface area contributed by atoms with Crippen LogP contribution < -0.4 is 21.1 Å². The number of hydrogen-bond donors (Lipinski definition) is 3. The Morgan fingerprint density at radius 2 is 2.17 bits per heavy atom. The van der Waals surface area contributed by atoms with Crippen molar-refractivity contribution in [3.8, 4) is 5.75 Å². The Morgan fingerprint density at radius 3 is 2.72 bits per heavy atom. The largest absolute Gasteiger partial charge is 0.497 e. The third kappa shape index (κ3) is 4.53. The number of nitrogens with two attached hydrogens (primary N) is 1. The number of hydrogen-bond acceptors (Lipinski definition) is 4. The van der Waals surface area contributed by atoms with Crippen molar-refractivity contribution < 1.29 is 9.53 Å². The van der Waals surface area contributed by atoms with Gasteiger partial charge in [0.1, 0.15) is 5.75 Å². The van der Waals surface area contributed by atoms with Crippen LogP contribution in [0.1, 0.15) is 13.8 Å². The average Bonchev–Trinajstić information content (AvgIpc) is 2.34. The molecule has 4 N–H and O–H groups in total. The molecular formula is C13H21N3O2. The summed E-state index contributed by atoms with van der Waals surface area (Å²) >= 11 is 0. The summed E-state index contributed by atoms with van der Waals surface area (Å²) in [5.74, 6) is 1.10. The van der Waals surface area contributed by atoms with Gasteiger partial charge in [-0.25, -0.2) is 0 Å². The molecule has 0 aliphatic heterocycles. The van der Waals surface area contributed by atoms with Crippen molar-refractivity contribution >= 4 is 17.3 Å². The highest BCUT2D eigenvalue weighted by Crippen LogP contribution is 2.23. The van der Waals surface area contributed by atoms with E-state index in [4.69, 9.17) is 10.5 Å². The number of amides is 1. The monoisotopic (exact) mass is 251 g/mol. The number of carbonyl (C=O) groups is 1. The third-order valence-electron chi connectivity index (χ3n) is 2.41. The van der Waals surface area contributed by atoms with E-state index in [1.165, 1.54) is 0 Å². The van der Waals surface area contributed by atoms with Gasteiger partial charge in [0.25, 0.3) is 0 Å². The molecule has 0 aromatic heterocycles. The summed E-state index contributed by atoms with van der Waals surface area (Å²) in [6.07, 6.45) is 0. The van der Waals surface area contributed by atoms with Crippen LogP contribution in [0.25, 0.3) is 0 Å². The standard InChI is InChI=1S/C13H21N3O2/c1-9(2)7-16-13(17)8-15-12-5-4-10(18-3)6-11(12)14/h4-6,9,15H,7-8,14H2,1-3H3,(H,16,17). The topological polar surface area (TPSA) is 76.4 Å². The number of benzene rings is 1. The van der Waals surface area contributed by atoms with Gasteiger partial charge in [-0.3, -0.25) is 4.79 Å². The molecule has 0 heterocycles. The fourth-order valence-electron chi connectivity index (χ4n) is 1.38. The van der Waals surface area contributed by atoms with Crippen LogP contribution in [0.15, 0.2) is 18.2 Å². The predicted molar refractivity (Wildman–Crippen MR) is 73.7 cm³/mol. The highest BCUT2D eigenvalue weighted by atomic mass is 16.5. The zero-order valence-electron chi connectivity index (χ0n) is 11.1. The molecule has 0 radical (unpaired) electrons. The molecule has 0 bridgehead atoms. The summed E-state index contributed by atoms with van der Waals surface area (Å²) in [5, 5.41) is 5.82. The van der Waals surface area contributed by atoms with E-state index in [1.54, 1.807) is 25.3 Å². The van der Waals surface area contributed by atoms with Crippen molar-refractivity contribution in [2.24, 2.45) is 5.92 Å². The molecule has 0 fully saturated rings. The molecule has 1 aromatic rings. The lowest BCUT2D eigenvalue weighted by atomic mass is 10.2. The summed E-state index contributed by atoms with van der Waals surface area (Å²) < 4.78 is 5.05. The SMILES string of the molecule is COc1ccc(NCC(=O)NCC(C)C)c(N)c1. The van der Waals surface area contributed by atoms with Crippen LogP contribution in [0.4, 0.5) is 11.4 Å². The zero-order chi connectivity index (χ0) is 13.5. The quantitative estimate of drug-likeness (QED) is 0.669. The van der Waals surface area contributed by atoms with Crippen molar-refractivity contribution in [3.05, 3.63) is 18.2 Å². The first-order valence-electron chi connectivity index (χ1n) is 5.97. The van der Waals surface area contributed by atoms with Crippen molar-refractivity contribution in [1.29, 1.82) is 0 Å². The highest BCUT2D eigenvalue weighted by molar-refractivity contribution is 5.82. The van der Waals surface area contributed by atoms with Gasteiger partial charge in [-0.15, -0.1) is 0 Å². The lowest BCUT2D eigenvalue weighted by Crippen LogP contribution is -2.32. The van der Waals surface area contributed by atoms with E-state index in [-0.39, 0.29) is 12.5 Å². The first-order chi connectivity index (χ1) is 8.52. The van der Waals surface area contributed by atoms with Crippen LogP contribution in [0.3, 0.4) is 0 Å². The number of nitrogen functional groups attached to an aromatic ring is 1. The molecule has 18 heavy (non-hydrogen) atoms. The fraction of sp³-hybridized carbons (Fsp3) is 0.462. The van der Waals surface area contributed by atoms with Gasteiger partial charge >= 0.3 is 0 Å². The second-order valence-corrected chi connectivity index (χ2v) is 4.50. The Labute approximate surface area is 108 Å². The first-order valence-corrected chi connectivity index (χ1v) is 5.97. The molecule has 0 spiro atoms. The summed E-state index contributed by atoms with van der Waals surface area (Å²) in [6, 6.07) is 5.31. The van der Waals surface area contributed by atoms with E-state index in [0.717, 1.165) is 5.69 Å². The molecule has 0 unspecified atom stereocenters. The molecular weight excluding hydrogens is 230 g/mol. The van der Waals surface area contributed by atoms with Crippen LogP contribution in [0.5, 0.6) is 5.75 Å². The van der Waals surface area contributed by atoms with E-state index in [0.29, 0.717) is 23.9 Å². The van der Waals surface area contributed by atoms with E-state index in [2.05, 4.69) is 24.5 Å². The Bertz CT molecular complexity index is 405. The van der Waals surface area contributed by atoms with Crippen molar-refractivity contribution in [2.45, 2.75) is 13.8 Å². The minimum Gasteiger partial charge on any atom is -0.497 e. The molecule has 0 aliphatic carbocycles. The molecule has 1 rings (SSSR count). The molecule has 0 aliphatic rings. The molecule has 0 atom stereocenters. The van der Waals surface area contributed by atoms with Gasteiger partial charge < -0.3 is 21.1 Å². The Balaban J connectivity index is 2.46. The molecule has 0 saturated carbocycles. The highest BCUT2D eigenvalue weighted by Gasteiger charge is 2.04. The second-order valence-electron chi connectivity index (χ2n) is 4.50. The smallest absolute Gasteiger partial charge is 0.239 e. The Hall–Kier alpha value is -1.91. The minimum atomic E-state index is -0.0427. The van der Waals surface area contributed by atoms with Gasteiger partial charge in [0, 0.05) is 12.6 Å². The van der Waals surface area contributed by atoms with Crippen molar-refractivity contribution in [1.82, 2.24) is 5.32 Å². The van der Waals surface area contributed by atoms with Crippen LogP contribution in [0.2, 0.25) is 0 Å². The average molecular weight is 251 g/mol. The summed E-state index contributed by atoms with van der Waals surface area (Å²) in [4.78, 5) is 11.5. The van der Waals surface area contributed by atoms with Gasteiger partial charge in [-0.05, 0) is 18.1 Å². The van der Waals surface area contributed by atoms with Gasteiger partial charge in [0.05, 0.1) is 25.0 Å². The fourth-order valence-corrected chi connectivity index (χ4v) is 1.38. The second kappa shape index (κ2) is 6.74. The number of ether oxygens (including phenoxy) is 1. The van der Waals surface area contributed by atoms with Gasteiger partial charge in [0.2, 0.25) is 5.91 Å². The Kier molecular flexibility index (Phi) is 5.30. The molecule has 5 nitrogen and oxygen atoms in total. The number of anilines is 2. The normalized spacial score (nSPS) is 10.2. The third-order valence-corrected chi connectivity index (χ3v) is 2.41. The maximum atomic E-state index is 11.5. The van der Waals surface area contributed by atoms with E-state index < -0.39 is 0 Å². The predicted octanol–water partition coefficient (Wildman–Crippen LogP) is 1.46. The van der Waals surface area contributed by atoms with E-state index in [1.807, 2.05) is 0 Å². The maximum absolute atomic E-state index is 11.5. The molecule has 100 valence electrons. The number of methoxy groups -OCH3 is 1. The molecule has 5 heteroatoms. The van der Waals surface area contributed by atoms with Crippen LogP contribution in [-0.4, -0.2) is 26.1 Å². The minimum absolute atomic E-state index is 0.0427. The summed E-state index contributed by atoms with van der Waals surface area (Å²) in [6.45, 7) is 4.99. The summed E-state index contributed by atoms with van der Waals surface area (Å²) in [7, 11) is 1.58. The maximum Gasteiger partial charge on any atom is 0.239 e. The van der Waals surface area contributed by atoms with Crippen LogP contribution in [0, 0.1) is 5.92 Å².